The molecule has 2 heterocycles. The van der Waals surface area contributed by atoms with Gasteiger partial charge in [0.05, 0.1) is 23.6 Å². The van der Waals surface area contributed by atoms with Crippen LogP contribution in [0.3, 0.4) is 0 Å². The molecule has 204 valence electrons. The first-order chi connectivity index (χ1) is 18.7. The first-order valence-corrected chi connectivity index (χ1v) is 12.5. The standard InChI is InChI=1S/C29H25F5N2O3/c30-23-4-1-5-24(31)26(23)25-15-22(28(37)35-16-21-3-2-14-38-21)27(36-25)19-8-6-17(7-9-19)18-10-12-20(13-11-18)39-29(32,33)34/h1,4-13,21-22,27H,2-3,14-16H2,(H,35,37). The number of hydrogen-bond donors (Lipinski definition) is 1. The van der Waals surface area contributed by atoms with Crippen LogP contribution in [0.2, 0.25) is 0 Å². The Balaban J connectivity index is 1.39. The van der Waals surface area contributed by atoms with Gasteiger partial charge in [0.2, 0.25) is 5.91 Å². The summed E-state index contributed by atoms with van der Waals surface area (Å²) in [5, 5.41) is 2.91. The third-order valence-corrected chi connectivity index (χ3v) is 6.88. The summed E-state index contributed by atoms with van der Waals surface area (Å²) >= 11 is 0. The number of aliphatic imine (C=N–C) groups is 1. The molecule has 1 amide bonds. The third kappa shape index (κ3) is 6.27. The van der Waals surface area contributed by atoms with Crippen molar-refractivity contribution in [2.45, 2.75) is 37.8 Å². The average molecular weight is 545 g/mol. The van der Waals surface area contributed by atoms with Gasteiger partial charge >= 0.3 is 6.36 Å². The summed E-state index contributed by atoms with van der Waals surface area (Å²) in [6.45, 7) is 0.995. The minimum absolute atomic E-state index is 0.0578. The van der Waals surface area contributed by atoms with Crippen LogP contribution in [-0.2, 0) is 9.53 Å². The lowest BCUT2D eigenvalue weighted by Crippen LogP contribution is -2.37. The van der Waals surface area contributed by atoms with Crippen molar-refractivity contribution in [3.8, 4) is 16.9 Å². The highest BCUT2D eigenvalue weighted by molar-refractivity contribution is 6.05. The molecule has 1 N–H and O–H groups in total. The molecule has 0 spiro atoms. The van der Waals surface area contributed by atoms with Crippen molar-refractivity contribution in [2.24, 2.45) is 10.9 Å². The van der Waals surface area contributed by atoms with Crippen molar-refractivity contribution in [1.29, 1.82) is 0 Å². The Bertz CT molecular complexity index is 1330. The number of amides is 1. The van der Waals surface area contributed by atoms with Crippen LogP contribution in [0.5, 0.6) is 5.75 Å². The summed E-state index contributed by atoms with van der Waals surface area (Å²) < 4.78 is 76.0. The fourth-order valence-electron chi connectivity index (χ4n) is 4.99. The molecule has 39 heavy (non-hydrogen) atoms. The number of carbonyl (C=O) groups excluding carboxylic acids is 1. The van der Waals surface area contributed by atoms with Gasteiger partial charge < -0.3 is 14.8 Å². The molecule has 5 nitrogen and oxygen atoms in total. The molecule has 3 aromatic carbocycles. The molecular weight excluding hydrogens is 519 g/mol. The minimum Gasteiger partial charge on any atom is -0.406 e. The number of hydrogen-bond acceptors (Lipinski definition) is 4. The van der Waals surface area contributed by atoms with Crippen LogP contribution in [0.15, 0.2) is 71.7 Å². The zero-order valence-corrected chi connectivity index (χ0v) is 20.7. The monoisotopic (exact) mass is 544 g/mol. The number of rotatable bonds is 7. The van der Waals surface area contributed by atoms with Crippen LogP contribution < -0.4 is 10.1 Å². The number of halogens is 5. The van der Waals surface area contributed by atoms with Crippen LogP contribution >= 0.6 is 0 Å². The van der Waals surface area contributed by atoms with Crippen molar-refractivity contribution in [1.82, 2.24) is 5.32 Å². The Morgan fingerprint density at radius 2 is 1.62 bits per heavy atom. The van der Waals surface area contributed by atoms with Gasteiger partial charge in [0.25, 0.3) is 0 Å². The SMILES string of the molecule is O=C(NCC1CCCO1)C1CC(c2c(F)cccc2F)=NC1c1ccc(-c2ccc(OC(F)(F)F)cc2)cc1. The molecule has 0 bridgehead atoms. The van der Waals surface area contributed by atoms with Gasteiger partial charge in [-0.2, -0.15) is 0 Å². The summed E-state index contributed by atoms with van der Waals surface area (Å²) in [4.78, 5) is 17.8. The summed E-state index contributed by atoms with van der Waals surface area (Å²) in [7, 11) is 0. The zero-order chi connectivity index (χ0) is 27.6. The highest BCUT2D eigenvalue weighted by Crippen LogP contribution is 2.38. The van der Waals surface area contributed by atoms with Crippen molar-refractivity contribution in [3.63, 3.8) is 0 Å². The van der Waals surface area contributed by atoms with Crippen molar-refractivity contribution in [2.75, 3.05) is 13.2 Å². The summed E-state index contributed by atoms with van der Waals surface area (Å²) in [6, 6.07) is 15.4. The molecular formula is C29H25F5N2O3. The number of benzene rings is 3. The fourth-order valence-corrected chi connectivity index (χ4v) is 4.99. The van der Waals surface area contributed by atoms with Gasteiger partial charge in [-0.1, -0.05) is 42.5 Å². The van der Waals surface area contributed by atoms with Gasteiger partial charge in [0, 0.05) is 25.3 Å². The maximum Gasteiger partial charge on any atom is 0.573 e. The molecule has 1 saturated heterocycles. The van der Waals surface area contributed by atoms with Gasteiger partial charge in [0.1, 0.15) is 17.4 Å². The van der Waals surface area contributed by atoms with Crippen LogP contribution in [0.1, 0.15) is 36.4 Å². The second-order valence-corrected chi connectivity index (χ2v) is 9.50. The first kappa shape index (κ1) is 26.8. The van der Waals surface area contributed by atoms with Crippen LogP contribution in [0.25, 0.3) is 11.1 Å². The molecule has 3 unspecified atom stereocenters. The van der Waals surface area contributed by atoms with Crippen LogP contribution in [0.4, 0.5) is 22.0 Å². The van der Waals surface area contributed by atoms with E-state index in [4.69, 9.17) is 4.74 Å². The average Bonchev–Trinajstić information content (AvgIpc) is 3.58. The van der Waals surface area contributed by atoms with E-state index in [1.165, 1.54) is 30.3 Å². The Morgan fingerprint density at radius 1 is 0.974 bits per heavy atom. The maximum atomic E-state index is 14.6. The Labute approximate surface area is 221 Å². The number of carbonyl (C=O) groups is 1. The Hall–Kier alpha value is -3.79. The van der Waals surface area contributed by atoms with Crippen molar-refractivity contribution in [3.05, 3.63) is 89.5 Å². The predicted octanol–water partition coefficient (Wildman–Crippen LogP) is 6.38. The largest absolute Gasteiger partial charge is 0.573 e. The van der Waals surface area contributed by atoms with E-state index in [2.05, 4.69) is 15.0 Å². The molecule has 3 atom stereocenters. The molecule has 2 aliphatic rings. The van der Waals surface area contributed by atoms with E-state index in [1.807, 2.05) is 0 Å². The third-order valence-electron chi connectivity index (χ3n) is 6.88. The number of nitrogens with one attached hydrogen (secondary N) is 1. The molecule has 5 rings (SSSR count). The molecule has 0 radical (unpaired) electrons. The maximum absolute atomic E-state index is 14.6. The first-order valence-electron chi connectivity index (χ1n) is 12.5. The zero-order valence-electron chi connectivity index (χ0n) is 20.7. The number of nitrogens with zero attached hydrogens (tertiary/aromatic N) is 1. The van der Waals surface area contributed by atoms with Crippen LogP contribution in [-0.4, -0.2) is 37.2 Å². The van der Waals surface area contributed by atoms with Crippen molar-refractivity contribution >= 4 is 11.6 Å². The lowest BCUT2D eigenvalue weighted by Gasteiger charge is -2.20. The number of ether oxygens (including phenoxy) is 2. The Kier molecular flexibility index (Phi) is 7.65. The quantitative estimate of drug-likeness (QED) is 0.352. The molecule has 3 aromatic rings. The van der Waals surface area contributed by atoms with Gasteiger partial charge in [-0.3, -0.25) is 9.79 Å². The van der Waals surface area contributed by atoms with Gasteiger partial charge in [0.15, 0.2) is 0 Å². The highest BCUT2D eigenvalue weighted by Gasteiger charge is 2.38. The normalized spacial score (nSPS) is 21.1. The second-order valence-electron chi connectivity index (χ2n) is 9.50. The van der Waals surface area contributed by atoms with E-state index in [0.29, 0.717) is 24.3 Å². The van der Waals surface area contributed by atoms with E-state index in [9.17, 15) is 26.7 Å². The van der Waals surface area contributed by atoms with Crippen molar-refractivity contribution < 1.29 is 36.2 Å². The summed E-state index contributed by atoms with van der Waals surface area (Å²) in [5.74, 6) is -2.80. The predicted molar refractivity (Wildman–Crippen MR) is 134 cm³/mol. The molecule has 1 fully saturated rings. The topological polar surface area (TPSA) is 59.9 Å². The van der Waals surface area contributed by atoms with E-state index in [0.717, 1.165) is 30.5 Å². The van der Waals surface area contributed by atoms with Gasteiger partial charge in [-0.15, -0.1) is 13.2 Å². The number of alkyl halides is 3. The van der Waals surface area contributed by atoms with Crippen LogP contribution in [0, 0.1) is 17.6 Å². The summed E-state index contributed by atoms with van der Waals surface area (Å²) in [5.41, 5.74) is 1.98. The molecule has 10 heteroatoms. The van der Waals surface area contributed by atoms with E-state index >= 15 is 0 Å². The minimum atomic E-state index is -4.78. The smallest absolute Gasteiger partial charge is 0.406 e. The highest BCUT2D eigenvalue weighted by atomic mass is 19.4. The van der Waals surface area contributed by atoms with E-state index in [-0.39, 0.29) is 35.5 Å². The summed E-state index contributed by atoms with van der Waals surface area (Å²) in [6.07, 6.45) is -3.01. The van der Waals surface area contributed by atoms with Gasteiger partial charge in [-0.25, -0.2) is 8.78 Å². The van der Waals surface area contributed by atoms with E-state index < -0.39 is 30.0 Å². The lowest BCUT2D eigenvalue weighted by molar-refractivity contribution is -0.274. The van der Waals surface area contributed by atoms with E-state index in [1.54, 1.807) is 24.3 Å². The molecule has 0 aliphatic carbocycles. The Morgan fingerprint density at radius 3 is 2.21 bits per heavy atom. The molecule has 0 saturated carbocycles. The molecule has 0 aromatic heterocycles. The lowest BCUT2D eigenvalue weighted by atomic mass is 9.89. The fraction of sp³-hybridized carbons (Fsp3) is 0.310. The van der Waals surface area contributed by atoms with Gasteiger partial charge in [-0.05, 0) is 53.8 Å². The molecule has 2 aliphatic heterocycles. The second kappa shape index (κ2) is 11.1.